The van der Waals surface area contributed by atoms with Gasteiger partial charge in [-0.1, -0.05) is 29.8 Å². The van der Waals surface area contributed by atoms with Gasteiger partial charge in [0.15, 0.2) is 0 Å². The highest BCUT2D eigenvalue weighted by atomic mass is 35.5. The van der Waals surface area contributed by atoms with Crippen LogP contribution in [0.25, 0.3) is 0 Å². The van der Waals surface area contributed by atoms with E-state index in [1.54, 1.807) is 0 Å². The fourth-order valence-corrected chi connectivity index (χ4v) is 3.04. The van der Waals surface area contributed by atoms with Crippen LogP contribution in [0.4, 0.5) is 17.1 Å². The first-order chi connectivity index (χ1) is 10.6. The lowest BCUT2D eigenvalue weighted by Crippen LogP contribution is -2.26. The van der Waals surface area contributed by atoms with Gasteiger partial charge in [-0.3, -0.25) is 0 Å². The summed E-state index contributed by atoms with van der Waals surface area (Å²) in [4.78, 5) is 4.68. The summed E-state index contributed by atoms with van der Waals surface area (Å²) in [6.45, 7) is 3.04. The van der Waals surface area contributed by atoms with Crippen molar-refractivity contribution in [2.24, 2.45) is 0 Å². The van der Waals surface area contributed by atoms with Gasteiger partial charge in [0.2, 0.25) is 0 Å². The Labute approximate surface area is 137 Å². The molecule has 0 aliphatic carbocycles. The van der Waals surface area contributed by atoms with Crippen LogP contribution in [0.1, 0.15) is 12.0 Å². The lowest BCUT2D eigenvalue weighted by molar-refractivity contribution is 0.400. The van der Waals surface area contributed by atoms with E-state index in [0.29, 0.717) is 0 Å². The van der Waals surface area contributed by atoms with Crippen molar-refractivity contribution >= 4 is 28.7 Å². The number of hydrogen-bond donors (Lipinski definition) is 1. The molecule has 3 nitrogen and oxygen atoms in total. The summed E-state index contributed by atoms with van der Waals surface area (Å²) in [5.74, 6) is 0. The van der Waals surface area contributed by atoms with E-state index < -0.39 is 0 Å². The number of anilines is 3. The van der Waals surface area contributed by atoms with Gasteiger partial charge in [0.1, 0.15) is 0 Å². The summed E-state index contributed by atoms with van der Waals surface area (Å²) in [6, 6.07) is 14.6. The largest absolute Gasteiger partial charge is 0.365 e. The molecule has 0 saturated carbocycles. The number of para-hydroxylation sites is 2. The minimum Gasteiger partial charge on any atom is -0.365 e. The van der Waals surface area contributed by atoms with Crippen molar-refractivity contribution in [1.82, 2.24) is 4.90 Å². The van der Waals surface area contributed by atoms with Gasteiger partial charge in [0, 0.05) is 23.8 Å². The molecule has 3 rings (SSSR count). The maximum absolute atomic E-state index is 6.15. The Balaban J connectivity index is 1.90. The average molecular weight is 316 g/mol. The van der Waals surface area contributed by atoms with Gasteiger partial charge in [-0.15, -0.1) is 0 Å². The zero-order valence-electron chi connectivity index (χ0n) is 13.1. The normalized spacial score (nSPS) is 13.4. The summed E-state index contributed by atoms with van der Waals surface area (Å²) in [5.41, 5.74) is 4.79. The van der Waals surface area contributed by atoms with Crippen molar-refractivity contribution < 1.29 is 0 Å². The Morgan fingerprint density at radius 1 is 1.14 bits per heavy atom. The molecule has 0 bridgehead atoms. The van der Waals surface area contributed by atoms with Crippen molar-refractivity contribution in [2.75, 3.05) is 37.4 Å². The highest BCUT2D eigenvalue weighted by Gasteiger charge is 2.18. The topological polar surface area (TPSA) is 18.5 Å². The molecule has 0 saturated heterocycles. The summed E-state index contributed by atoms with van der Waals surface area (Å²) >= 11 is 6.15. The molecule has 4 heteroatoms. The van der Waals surface area contributed by atoms with Gasteiger partial charge in [0.25, 0.3) is 0 Å². The number of nitrogens with zero attached hydrogens (tertiary/aromatic N) is 2. The lowest BCUT2D eigenvalue weighted by atomic mass is 10.1. The Bertz CT molecular complexity index is 655. The molecular formula is C18H22ClN3. The van der Waals surface area contributed by atoms with E-state index in [2.05, 4.69) is 59.5 Å². The quantitative estimate of drug-likeness (QED) is 0.904. The highest BCUT2D eigenvalue weighted by Crippen LogP contribution is 2.36. The Morgan fingerprint density at radius 3 is 2.77 bits per heavy atom. The number of nitrogens with one attached hydrogen (secondary N) is 1. The van der Waals surface area contributed by atoms with Crippen molar-refractivity contribution in [2.45, 2.75) is 13.0 Å². The van der Waals surface area contributed by atoms with Crippen molar-refractivity contribution in [3.63, 3.8) is 0 Å². The third kappa shape index (κ3) is 3.37. The van der Waals surface area contributed by atoms with Crippen molar-refractivity contribution in [3.05, 3.63) is 53.1 Å². The van der Waals surface area contributed by atoms with Gasteiger partial charge in [-0.05, 0) is 56.9 Å². The van der Waals surface area contributed by atoms with Crippen LogP contribution in [0, 0.1) is 0 Å². The third-order valence-electron chi connectivity index (χ3n) is 3.98. The standard InChI is InChI=1S/C18H22ClN3/c1-21(2)10-5-11-22-13-14-8-9-15(19)12-17(14)20-16-6-3-4-7-18(16)22/h3-4,6-9,12,20H,5,10-11,13H2,1-2H3. The zero-order valence-corrected chi connectivity index (χ0v) is 13.9. The maximum atomic E-state index is 6.15. The zero-order chi connectivity index (χ0) is 15.5. The second kappa shape index (κ2) is 6.59. The molecule has 22 heavy (non-hydrogen) atoms. The summed E-state index contributed by atoms with van der Waals surface area (Å²) in [5, 5.41) is 4.30. The van der Waals surface area contributed by atoms with E-state index >= 15 is 0 Å². The molecular weight excluding hydrogens is 294 g/mol. The average Bonchev–Trinajstić information content (AvgIpc) is 2.63. The summed E-state index contributed by atoms with van der Waals surface area (Å²) < 4.78 is 0. The molecule has 2 aromatic carbocycles. The minimum absolute atomic E-state index is 0.768. The van der Waals surface area contributed by atoms with E-state index in [1.807, 2.05) is 12.1 Å². The second-order valence-corrected chi connectivity index (χ2v) is 6.46. The number of hydrogen-bond acceptors (Lipinski definition) is 3. The van der Waals surface area contributed by atoms with Crippen molar-refractivity contribution in [3.8, 4) is 0 Å². The molecule has 0 fully saturated rings. The van der Waals surface area contributed by atoms with Gasteiger partial charge in [-0.25, -0.2) is 0 Å². The Kier molecular flexibility index (Phi) is 4.55. The summed E-state index contributed by atoms with van der Waals surface area (Å²) in [6.07, 6.45) is 1.14. The van der Waals surface area contributed by atoms with Crippen LogP contribution < -0.4 is 10.2 Å². The molecule has 1 heterocycles. The molecule has 1 N–H and O–H groups in total. The van der Waals surface area contributed by atoms with Crippen LogP contribution in [-0.2, 0) is 6.54 Å². The number of halogens is 1. The molecule has 0 atom stereocenters. The molecule has 2 aromatic rings. The summed E-state index contributed by atoms with van der Waals surface area (Å²) in [7, 11) is 4.24. The van der Waals surface area contributed by atoms with Gasteiger partial charge in [-0.2, -0.15) is 0 Å². The van der Waals surface area contributed by atoms with Crippen LogP contribution in [0.5, 0.6) is 0 Å². The van der Waals surface area contributed by atoms with Crippen molar-refractivity contribution in [1.29, 1.82) is 0 Å². The number of fused-ring (bicyclic) bond motifs is 2. The molecule has 0 spiro atoms. The molecule has 0 aromatic heterocycles. The van der Waals surface area contributed by atoms with E-state index in [0.717, 1.165) is 42.5 Å². The first-order valence-electron chi connectivity index (χ1n) is 7.67. The lowest BCUT2D eigenvalue weighted by Gasteiger charge is -2.25. The van der Waals surface area contributed by atoms with Crippen LogP contribution in [0.15, 0.2) is 42.5 Å². The first kappa shape index (κ1) is 15.2. The van der Waals surface area contributed by atoms with Crippen LogP contribution in [0.3, 0.4) is 0 Å². The Morgan fingerprint density at radius 2 is 1.95 bits per heavy atom. The molecule has 1 aliphatic heterocycles. The number of benzene rings is 2. The first-order valence-corrected chi connectivity index (χ1v) is 8.05. The molecule has 116 valence electrons. The minimum atomic E-state index is 0.768. The predicted molar refractivity (Wildman–Crippen MR) is 95.4 cm³/mol. The molecule has 0 radical (unpaired) electrons. The number of rotatable bonds is 4. The Hall–Kier alpha value is -1.71. The fourth-order valence-electron chi connectivity index (χ4n) is 2.87. The second-order valence-electron chi connectivity index (χ2n) is 6.02. The van der Waals surface area contributed by atoms with Crippen LogP contribution >= 0.6 is 11.6 Å². The maximum Gasteiger partial charge on any atom is 0.0622 e. The third-order valence-corrected chi connectivity index (χ3v) is 4.22. The van der Waals surface area contributed by atoms with Gasteiger partial charge in [0.05, 0.1) is 11.4 Å². The smallest absolute Gasteiger partial charge is 0.0622 e. The molecule has 1 aliphatic rings. The SMILES string of the molecule is CN(C)CCCN1Cc2ccc(Cl)cc2Nc2ccccc21. The molecule has 0 unspecified atom stereocenters. The van der Waals surface area contributed by atoms with E-state index in [4.69, 9.17) is 11.6 Å². The van der Waals surface area contributed by atoms with Crippen LogP contribution in [0.2, 0.25) is 5.02 Å². The predicted octanol–water partition coefficient (Wildman–Crippen LogP) is 4.36. The van der Waals surface area contributed by atoms with Gasteiger partial charge < -0.3 is 15.1 Å². The van der Waals surface area contributed by atoms with E-state index in [9.17, 15) is 0 Å². The van der Waals surface area contributed by atoms with E-state index in [-0.39, 0.29) is 0 Å². The van der Waals surface area contributed by atoms with Gasteiger partial charge >= 0.3 is 0 Å². The molecule has 0 amide bonds. The highest BCUT2D eigenvalue weighted by molar-refractivity contribution is 6.30. The van der Waals surface area contributed by atoms with Crippen LogP contribution in [-0.4, -0.2) is 32.1 Å². The fraction of sp³-hybridized carbons (Fsp3) is 0.333. The van der Waals surface area contributed by atoms with E-state index in [1.165, 1.54) is 11.3 Å². The monoisotopic (exact) mass is 315 g/mol.